The van der Waals surface area contributed by atoms with Gasteiger partial charge in [0.2, 0.25) is 11.0 Å². The summed E-state index contributed by atoms with van der Waals surface area (Å²) in [4.78, 5) is 11.7. The molecule has 6 heteroatoms. The number of aryl methyl sites for hydroxylation is 1. The van der Waals surface area contributed by atoms with Crippen molar-refractivity contribution in [3.05, 3.63) is 34.8 Å². The minimum absolute atomic E-state index is 0.123. The van der Waals surface area contributed by atoms with Crippen LogP contribution in [0.25, 0.3) is 0 Å². The van der Waals surface area contributed by atoms with Crippen molar-refractivity contribution in [3.63, 3.8) is 0 Å². The second kappa shape index (κ2) is 6.87. The largest absolute Gasteiger partial charge is 0.493 e. The number of rotatable bonds is 5. The predicted octanol–water partition coefficient (Wildman–Crippen LogP) is 3.55. The SMILES string of the molecule is Cc1nnc(NC(=O)CCOc2ccc(C(C)(C)C)cc2)s1. The molecule has 5 nitrogen and oxygen atoms in total. The molecule has 22 heavy (non-hydrogen) atoms. The molecule has 0 fully saturated rings. The van der Waals surface area contributed by atoms with Crippen LogP contribution >= 0.6 is 11.3 Å². The summed E-state index contributed by atoms with van der Waals surface area (Å²) in [6.07, 6.45) is 0.277. The Labute approximate surface area is 134 Å². The average Bonchev–Trinajstić information content (AvgIpc) is 2.83. The van der Waals surface area contributed by atoms with Gasteiger partial charge in [-0.2, -0.15) is 0 Å². The monoisotopic (exact) mass is 319 g/mol. The molecular formula is C16H21N3O2S. The molecule has 0 aliphatic carbocycles. The van der Waals surface area contributed by atoms with Crippen molar-refractivity contribution < 1.29 is 9.53 Å². The molecule has 0 aliphatic heterocycles. The quantitative estimate of drug-likeness (QED) is 0.915. The lowest BCUT2D eigenvalue weighted by Crippen LogP contribution is -2.15. The maximum atomic E-state index is 11.7. The zero-order chi connectivity index (χ0) is 16.2. The van der Waals surface area contributed by atoms with E-state index in [-0.39, 0.29) is 17.7 Å². The van der Waals surface area contributed by atoms with E-state index in [2.05, 4.69) is 48.4 Å². The van der Waals surface area contributed by atoms with E-state index >= 15 is 0 Å². The molecule has 0 spiro atoms. The van der Waals surface area contributed by atoms with Gasteiger partial charge in [0.05, 0.1) is 13.0 Å². The molecule has 0 saturated heterocycles. The van der Waals surface area contributed by atoms with E-state index in [0.717, 1.165) is 10.8 Å². The highest BCUT2D eigenvalue weighted by Crippen LogP contribution is 2.24. The summed E-state index contributed by atoms with van der Waals surface area (Å²) in [5, 5.41) is 11.8. The molecule has 0 saturated carbocycles. The molecule has 1 heterocycles. The third-order valence-corrected chi connectivity index (χ3v) is 3.84. The number of nitrogens with one attached hydrogen (secondary N) is 1. The van der Waals surface area contributed by atoms with Crippen LogP contribution in [0.4, 0.5) is 5.13 Å². The molecule has 118 valence electrons. The topological polar surface area (TPSA) is 64.1 Å². The third kappa shape index (κ3) is 4.80. The normalized spacial score (nSPS) is 11.3. The van der Waals surface area contributed by atoms with Crippen LogP contribution in [-0.2, 0) is 10.2 Å². The van der Waals surface area contributed by atoms with E-state index < -0.39 is 0 Å². The number of carbonyl (C=O) groups excluding carboxylic acids is 1. The number of nitrogens with zero attached hydrogens (tertiary/aromatic N) is 2. The standard InChI is InChI=1S/C16H21N3O2S/c1-11-18-19-15(22-11)17-14(20)9-10-21-13-7-5-12(6-8-13)16(2,3)4/h5-8H,9-10H2,1-4H3,(H,17,19,20). The van der Waals surface area contributed by atoms with Gasteiger partial charge in [-0.3, -0.25) is 4.79 Å². The number of anilines is 1. The molecule has 0 radical (unpaired) electrons. The van der Waals surface area contributed by atoms with Crippen molar-refractivity contribution in [1.29, 1.82) is 0 Å². The molecule has 0 bridgehead atoms. The Kier molecular flexibility index (Phi) is 5.13. The minimum Gasteiger partial charge on any atom is -0.493 e. The number of hydrogen-bond donors (Lipinski definition) is 1. The zero-order valence-corrected chi connectivity index (χ0v) is 14.2. The van der Waals surface area contributed by atoms with Crippen molar-refractivity contribution in [2.45, 2.75) is 39.5 Å². The van der Waals surface area contributed by atoms with Gasteiger partial charge in [-0.25, -0.2) is 0 Å². The van der Waals surface area contributed by atoms with Gasteiger partial charge in [0.1, 0.15) is 10.8 Å². The van der Waals surface area contributed by atoms with Gasteiger partial charge in [0.15, 0.2) is 0 Å². The Morgan fingerprint density at radius 3 is 2.45 bits per heavy atom. The van der Waals surface area contributed by atoms with Gasteiger partial charge < -0.3 is 10.1 Å². The first-order valence-electron chi connectivity index (χ1n) is 7.18. The fraction of sp³-hybridized carbons (Fsp3) is 0.438. The Morgan fingerprint density at radius 2 is 1.91 bits per heavy atom. The summed E-state index contributed by atoms with van der Waals surface area (Å²) in [5.41, 5.74) is 1.38. The maximum Gasteiger partial charge on any atom is 0.229 e. The molecule has 2 aromatic rings. The van der Waals surface area contributed by atoms with Crippen LogP contribution in [-0.4, -0.2) is 22.7 Å². The average molecular weight is 319 g/mol. The van der Waals surface area contributed by atoms with Crippen molar-refractivity contribution >= 4 is 22.4 Å². The van der Waals surface area contributed by atoms with Crippen molar-refractivity contribution in [1.82, 2.24) is 10.2 Å². The summed E-state index contributed by atoms with van der Waals surface area (Å²) in [6.45, 7) is 8.68. The van der Waals surface area contributed by atoms with Crippen LogP contribution in [0.1, 0.15) is 37.8 Å². The third-order valence-electron chi connectivity index (χ3n) is 3.09. The second-order valence-electron chi connectivity index (χ2n) is 6.05. The van der Waals surface area contributed by atoms with Crippen LogP contribution in [0.5, 0.6) is 5.75 Å². The van der Waals surface area contributed by atoms with Crippen LogP contribution < -0.4 is 10.1 Å². The minimum atomic E-state index is -0.123. The van der Waals surface area contributed by atoms with E-state index in [1.165, 1.54) is 16.9 Å². The highest BCUT2D eigenvalue weighted by molar-refractivity contribution is 7.15. The highest BCUT2D eigenvalue weighted by Gasteiger charge is 2.13. The van der Waals surface area contributed by atoms with E-state index in [1.54, 1.807) is 0 Å². The van der Waals surface area contributed by atoms with Gasteiger partial charge in [0, 0.05) is 0 Å². The highest BCUT2D eigenvalue weighted by atomic mass is 32.1. The molecule has 1 amide bonds. The summed E-state index contributed by atoms with van der Waals surface area (Å²) in [7, 11) is 0. The molecule has 0 atom stereocenters. The number of aromatic nitrogens is 2. The Hall–Kier alpha value is -1.95. The van der Waals surface area contributed by atoms with E-state index in [1.807, 2.05) is 19.1 Å². The molecule has 1 aromatic carbocycles. The van der Waals surface area contributed by atoms with Crippen LogP contribution in [0, 0.1) is 6.92 Å². The van der Waals surface area contributed by atoms with Crippen molar-refractivity contribution in [2.75, 3.05) is 11.9 Å². The Morgan fingerprint density at radius 1 is 1.23 bits per heavy atom. The molecule has 0 unspecified atom stereocenters. The van der Waals surface area contributed by atoms with Gasteiger partial charge in [-0.1, -0.05) is 44.2 Å². The maximum absolute atomic E-state index is 11.7. The van der Waals surface area contributed by atoms with Crippen LogP contribution in [0.3, 0.4) is 0 Å². The van der Waals surface area contributed by atoms with Crippen molar-refractivity contribution in [3.8, 4) is 5.75 Å². The van der Waals surface area contributed by atoms with E-state index in [0.29, 0.717) is 11.7 Å². The Balaban J connectivity index is 1.77. The number of amides is 1. The number of ether oxygens (including phenoxy) is 1. The van der Waals surface area contributed by atoms with Crippen LogP contribution in [0.2, 0.25) is 0 Å². The molecule has 1 aromatic heterocycles. The summed E-state index contributed by atoms with van der Waals surface area (Å²) >= 11 is 1.35. The summed E-state index contributed by atoms with van der Waals surface area (Å²) in [6, 6.07) is 7.98. The fourth-order valence-electron chi connectivity index (χ4n) is 1.84. The molecular weight excluding hydrogens is 298 g/mol. The molecule has 1 N–H and O–H groups in total. The Bertz CT molecular complexity index is 630. The van der Waals surface area contributed by atoms with Gasteiger partial charge in [-0.05, 0) is 30.0 Å². The van der Waals surface area contributed by atoms with Gasteiger partial charge >= 0.3 is 0 Å². The van der Waals surface area contributed by atoms with E-state index in [9.17, 15) is 4.79 Å². The first-order valence-corrected chi connectivity index (χ1v) is 7.99. The zero-order valence-electron chi connectivity index (χ0n) is 13.3. The van der Waals surface area contributed by atoms with Crippen molar-refractivity contribution in [2.24, 2.45) is 0 Å². The van der Waals surface area contributed by atoms with Gasteiger partial charge in [-0.15, -0.1) is 10.2 Å². The first-order chi connectivity index (χ1) is 10.3. The summed E-state index contributed by atoms with van der Waals surface area (Å²) < 4.78 is 5.59. The lowest BCUT2D eigenvalue weighted by atomic mass is 9.87. The lowest BCUT2D eigenvalue weighted by molar-refractivity contribution is -0.116. The number of benzene rings is 1. The number of hydrogen-bond acceptors (Lipinski definition) is 5. The smallest absolute Gasteiger partial charge is 0.229 e. The fourth-order valence-corrected chi connectivity index (χ4v) is 2.45. The first kappa shape index (κ1) is 16.4. The molecule has 0 aliphatic rings. The number of carbonyl (C=O) groups is 1. The van der Waals surface area contributed by atoms with Crippen LogP contribution in [0.15, 0.2) is 24.3 Å². The second-order valence-corrected chi connectivity index (χ2v) is 7.23. The van der Waals surface area contributed by atoms with E-state index in [4.69, 9.17) is 4.74 Å². The van der Waals surface area contributed by atoms with Gasteiger partial charge in [0.25, 0.3) is 0 Å². The lowest BCUT2D eigenvalue weighted by Gasteiger charge is -2.19. The predicted molar refractivity (Wildman–Crippen MR) is 88.5 cm³/mol. The molecule has 2 rings (SSSR count). The summed E-state index contributed by atoms with van der Waals surface area (Å²) in [5.74, 6) is 0.648.